The minimum atomic E-state index is -1.31. The van der Waals surface area contributed by atoms with Crippen molar-refractivity contribution in [2.75, 3.05) is 0 Å². The molecule has 1 amide bonds. The van der Waals surface area contributed by atoms with Crippen LogP contribution in [0.3, 0.4) is 0 Å². The first-order chi connectivity index (χ1) is 7.82. The van der Waals surface area contributed by atoms with Crippen LogP contribution < -0.4 is 11.1 Å². The molecule has 1 rings (SSSR count). The number of rotatable bonds is 4. The Hall–Kier alpha value is -1.56. The third kappa shape index (κ3) is 3.20. The quantitative estimate of drug-likeness (QED) is 0.793. The van der Waals surface area contributed by atoms with Crippen molar-refractivity contribution in [1.82, 2.24) is 5.32 Å². The van der Waals surface area contributed by atoms with Crippen LogP contribution in [0, 0.1) is 17.5 Å². The molecule has 0 aliphatic carbocycles. The second-order valence-corrected chi connectivity index (χ2v) is 3.94. The lowest BCUT2D eigenvalue weighted by Gasteiger charge is -2.19. The highest BCUT2D eigenvalue weighted by Crippen LogP contribution is 2.20. The van der Waals surface area contributed by atoms with E-state index in [4.69, 9.17) is 5.73 Å². The van der Waals surface area contributed by atoms with Gasteiger partial charge in [-0.25, -0.2) is 13.2 Å². The summed E-state index contributed by atoms with van der Waals surface area (Å²) in [7, 11) is 0. The van der Waals surface area contributed by atoms with Crippen molar-refractivity contribution in [3.05, 3.63) is 35.1 Å². The van der Waals surface area contributed by atoms with Gasteiger partial charge in [-0.3, -0.25) is 10.1 Å². The number of nitrogens with two attached hydrogens (primary N) is 1. The van der Waals surface area contributed by atoms with Gasteiger partial charge in [0.15, 0.2) is 11.6 Å². The van der Waals surface area contributed by atoms with Crippen LogP contribution >= 0.6 is 0 Å². The number of hydrogen-bond acceptors (Lipinski definition) is 2. The van der Waals surface area contributed by atoms with Crippen LogP contribution in [0.1, 0.15) is 25.5 Å². The maximum absolute atomic E-state index is 13.4. The number of benzene rings is 1. The molecule has 0 aliphatic rings. The third-order valence-corrected chi connectivity index (χ3v) is 2.14. The van der Waals surface area contributed by atoms with Gasteiger partial charge in [-0.1, -0.05) is 0 Å². The minimum absolute atomic E-state index is 0.167. The van der Waals surface area contributed by atoms with Gasteiger partial charge in [-0.2, -0.15) is 0 Å². The zero-order chi connectivity index (χ0) is 13.2. The summed E-state index contributed by atoms with van der Waals surface area (Å²) in [6, 6.07) is -0.330. The Morgan fingerprint density at radius 1 is 1.18 bits per heavy atom. The van der Waals surface area contributed by atoms with E-state index in [2.05, 4.69) is 5.32 Å². The SMILES string of the molecule is CC(C)NC(C(N)=O)c1cc(F)c(F)cc1F. The second kappa shape index (κ2) is 5.18. The molecule has 1 aromatic carbocycles. The minimum Gasteiger partial charge on any atom is -0.368 e. The molecule has 6 heteroatoms. The Morgan fingerprint density at radius 3 is 2.18 bits per heavy atom. The number of amides is 1. The molecule has 0 radical (unpaired) electrons. The third-order valence-electron chi connectivity index (χ3n) is 2.14. The Labute approximate surface area is 96.8 Å². The van der Waals surface area contributed by atoms with E-state index in [9.17, 15) is 18.0 Å². The van der Waals surface area contributed by atoms with Gasteiger partial charge >= 0.3 is 0 Å². The van der Waals surface area contributed by atoms with Crippen LogP contribution in [0.4, 0.5) is 13.2 Å². The van der Waals surface area contributed by atoms with Crippen LogP contribution in [0.2, 0.25) is 0 Å². The highest BCUT2D eigenvalue weighted by molar-refractivity contribution is 5.81. The largest absolute Gasteiger partial charge is 0.368 e. The van der Waals surface area contributed by atoms with E-state index in [1.165, 1.54) is 0 Å². The summed E-state index contributed by atoms with van der Waals surface area (Å²) in [5, 5.41) is 2.68. The van der Waals surface area contributed by atoms with E-state index in [1.54, 1.807) is 13.8 Å². The van der Waals surface area contributed by atoms with Crippen LogP contribution in [-0.4, -0.2) is 11.9 Å². The molecular formula is C11H13F3N2O. The van der Waals surface area contributed by atoms with E-state index in [1.807, 2.05) is 0 Å². The van der Waals surface area contributed by atoms with Crippen molar-refractivity contribution in [2.45, 2.75) is 25.9 Å². The zero-order valence-electron chi connectivity index (χ0n) is 9.43. The highest BCUT2D eigenvalue weighted by Gasteiger charge is 2.23. The molecule has 0 heterocycles. The molecule has 94 valence electrons. The molecule has 1 unspecified atom stereocenters. The van der Waals surface area contributed by atoms with Gasteiger partial charge in [0.2, 0.25) is 5.91 Å². The van der Waals surface area contributed by atoms with E-state index >= 15 is 0 Å². The zero-order valence-corrected chi connectivity index (χ0v) is 9.43. The topological polar surface area (TPSA) is 55.1 Å². The number of halogens is 3. The van der Waals surface area contributed by atoms with Crippen molar-refractivity contribution in [1.29, 1.82) is 0 Å². The molecule has 0 saturated heterocycles. The number of nitrogens with one attached hydrogen (secondary N) is 1. The predicted octanol–water partition coefficient (Wildman–Crippen LogP) is 1.63. The molecule has 17 heavy (non-hydrogen) atoms. The summed E-state index contributed by atoms with van der Waals surface area (Å²) >= 11 is 0. The molecule has 0 spiro atoms. The van der Waals surface area contributed by atoms with Crippen molar-refractivity contribution < 1.29 is 18.0 Å². The lowest BCUT2D eigenvalue weighted by Crippen LogP contribution is -2.38. The second-order valence-electron chi connectivity index (χ2n) is 3.94. The summed E-state index contributed by atoms with van der Waals surface area (Å²) in [5.74, 6) is -4.40. The molecule has 0 saturated carbocycles. The van der Waals surface area contributed by atoms with Crippen molar-refractivity contribution in [2.24, 2.45) is 5.73 Å². The fraction of sp³-hybridized carbons (Fsp3) is 0.364. The van der Waals surface area contributed by atoms with E-state index < -0.39 is 29.4 Å². The standard InChI is InChI=1S/C11H13F3N2O/c1-5(2)16-10(11(15)17)6-3-8(13)9(14)4-7(6)12/h3-5,10,16H,1-2H3,(H2,15,17). The fourth-order valence-corrected chi connectivity index (χ4v) is 1.42. The molecule has 1 atom stereocenters. The molecule has 0 fully saturated rings. The lowest BCUT2D eigenvalue weighted by molar-refractivity contribution is -0.120. The van der Waals surface area contributed by atoms with Crippen LogP contribution in [0.25, 0.3) is 0 Å². The number of hydrogen-bond donors (Lipinski definition) is 2. The first kappa shape index (κ1) is 13.5. The number of carbonyl (C=O) groups excluding carboxylic acids is 1. The average molecular weight is 246 g/mol. The van der Waals surface area contributed by atoms with E-state index in [0.29, 0.717) is 12.1 Å². The molecule has 3 nitrogen and oxygen atoms in total. The van der Waals surface area contributed by atoms with Crippen molar-refractivity contribution in [3.8, 4) is 0 Å². The van der Waals surface area contributed by atoms with Gasteiger partial charge in [0, 0.05) is 17.7 Å². The Bertz CT molecular complexity index is 435. The summed E-state index contributed by atoms with van der Waals surface area (Å²) < 4.78 is 39.2. The molecule has 0 aromatic heterocycles. The highest BCUT2D eigenvalue weighted by atomic mass is 19.2. The molecule has 3 N–H and O–H groups in total. The first-order valence-corrected chi connectivity index (χ1v) is 5.02. The first-order valence-electron chi connectivity index (χ1n) is 5.02. The Morgan fingerprint density at radius 2 is 1.71 bits per heavy atom. The maximum atomic E-state index is 13.4. The van der Waals surface area contributed by atoms with Gasteiger partial charge in [-0.05, 0) is 19.9 Å². The van der Waals surface area contributed by atoms with Gasteiger partial charge in [0.05, 0.1) is 0 Å². The normalized spacial score (nSPS) is 12.8. The smallest absolute Gasteiger partial charge is 0.239 e. The Balaban J connectivity index is 3.18. The molecule has 0 aliphatic heterocycles. The van der Waals surface area contributed by atoms with E-state index in [-0.39, 0.29) is 11.6 Å². The van der Waals surface area contributed by atoms with Crippen LogP contribution in [0.15, 0.2) is 12.1 Å². The fourth-order valence-electron chi connectivity index (χ4n) is 1.42. The van der Waals surface area contributed by atoms with Gasteiger partial charge < -0.3 is 5.73 Å². The lowest BCUT2D eigenvalue weighted by atomic mass is 10.0. The van der Waals surface area contributed by atoms with Crippen LogP contribution in [0.5, 0.6) is 0 Å². The predicted molar refractivity (Wildman–Crippen MR) is 56.5 cm³/mol. The van der Waals surface area contributed by atoms with Crippen molar-refractivity contribution in [3.63, 3.8) is 0 Å². The van der Waals surface area contributed by atoms with Gasteiger partial charge in [-0.15, -0.1) is 0 Å². The van der Waals surface area contributed by atoms with E-state index in [0.717, 1.165) is 0 Å². The van der Waals surface area contributed by atoms with Crippen LogP contribution in [-0.2, 0) is 4.79 Å². The number of carbonyl (C=O) groups is 1. The monoisotopic (exact) mass is 246 g/mol. The number of primary amides is 1. The summed E-state index contributed by atoms with van der Waals surface area (Å²) in [5.41, 5.74) is 4.79. The summed E-state index contributed by atoms with van der Waals surface area (Å²) in [6.45, 7) is 3.43. The van der Waals surface area contributed by atoms with Gasteiger partial charge in [0.1, 0.15) is 11.9 Å². The molecular weight excluding hydrogens is 233 g/mol. The maximum Gasteiger partial charge on any atom is 0.239 e. The molecule has 1 aromatic rings. The molecule has 0 bridgehead atoms. The average Bonchev–Trinajstić information content (AvgIpc) is 2.20. The summed E-state index contributed by atoms with van der Waals surface area (Å²) in [4.78, 5) is 11.2. The van der Waals surface area contributed by atoms with Gasteiger partial charge in [0.25, 0.3) is 0 Å². The Kier molecular flexibility index (Phi) is 4.11. The summed E-state index contributed by atoms with van der Waals surface area (Å²) in [6.07, 6.45) is 0. The van der Waals surface area contributed by atoms with Crippen molar-refractivity contribution >= 4 is 5.91 Å².